The van der Waals surface area contributed by atoms with Crippen LogP contribution in [-0.4, -0.2) is 22.7 Å². The quantitative estimate of drug-likeness (QED) is 0.394. The lowest BCUT2D eigenvalue weighted by Gasteiger charge is -2.18. The molecule has 2 aromatic carbocycles. The number of hydrogen-bond acceptors (Lipinski definition) is 6. The minimum Gasteiger partial charge on any atom is -0.326 e. The molecule has 3 aromatic rings. The van der Waals surface area contributed by atoms with Crippen molar-refractivity contribution in [2.75, 3.05) is 15.5 Å². The summed E-state index contributed by atoms with van der Waals surface area (Å²) in [5.41, 5.74) is 0.698. The predicted molar refractivity (Wildman–Crippen MR) is 124 cm³/mol. The molecular formula is C23H17F2N5O3S. The third-order valence-corrected chi connectivity index (χ3v) is 5.13. The minimum absolute atomic E-state index is 0.0792. The van der Waals surface area contributed by atoms with E-state index in [0.717, 1.165) is 28.4 Å². The van der Waals surface area contributed by atoms with E-state index < -0.39 is 23.4 Å². The van der Waals surface area contributed by atoms with Gasteiger partial charge < -0.3 is 10.6 Å². The van der Waals surface area contributed by atoms with Crippen molar-refractivity contribution in [2.45, 2.75) is 13.8 Å². The number of nitrogens with one attached hydrogen (secondary N) is 2. The first-order valence-corrected chi connectivity index (χ1v) is 10.6. The smallest absolute Gasteiger partial charge is 0.266 e. The fourth-order valence-electron chi connectivity index (χ4n) is 2.85. The van der Waals surface area contributed by atoms with E-state index in [1.165, 1.54) is 25.3 Å². The van der Waals surface area contributed by atoms with Crippen molar-refractivity contribution in [3.8, 4) is 6.07 Å². The van der Waals surface area contributed by atoms with Gasteiger partial charge in [0.2, 0.25) is 11.8 Å². The van der Waals surface area contributed by atoms with Crippen LogP contribution in [0.25, 0.3) is 6.08 Å². The highest BCUT2D eigenvalue weighted by Crippen LogP contribution is 2.31. The summed E-state index contributed by atoms with van der Waals surface area (Å²) in [6.45, 7) is 2.57. The number of hydrogen-bond donors (Lipinski definition) is 2. The second kappa shape index (κ2) is 10.5. The highest BCUT2D eigenvalue weighted by molar-refractivity contribution is 7.14. The number of nitrogens with zero attached hydrogens (tertiary/aromatic N) is 3. The molecule has 2 N–H and O–H groups in total. The lowest BCUT2D eigenvalue weighted by Crippen LogP contribution is -2.23. The maximum atomic E-state index is 14.2. The molecule has 34 heavy (non-hydrogen) atoms. The molecule has 0 aliphatic heterocycles. The maximum Gasteiger partial charge on any atom is 0.266 e. The van der Waals surface area contributed by atoms with Crippen molar-refractivity contribution >= 4 is 57.3 Å². The average Bonchev–Trinajstić information content (AvgIpc) is 3.22. The van der Waals surface area contributed by atoms with Gasteiger partial charge in [0.1, 0.15) is 23.3 Å². The van der Waals surface area contributed by atoms with Gasteiger partial charge in [-0.2, -0.15) is 5.26 Å². The van der Waals surface area contributed by atoms with E-state index in [-0.39, 0.29) is 28.0 Å². The summed E-state index contributed by atoms with van der Waals surface area (Å²) in [5, 5.41) is 16.1. The Bertz CT molecular complexity index is 1330. The van der Waals surface area contributed by atoms with Gasteiger partial charge >= 0.3 is 0 Å². The number of nitriles is 1. The zero-order chi connectivity index (χ0) is 24.8. The Morgan fingerprint density at radius 3 is 2.26 bits per heavy atom. The lowest BCUT2D eigenvalue weighted by molar-refractivity contribution is -0.116. The van der Waals surface area contributed by atoms with E-state index in [0.29, 0.717) is 17.4 Å². The summed E-state index contributed by atoms with van der Waals surface area (Å²) in [6, 6.07) is 10.9. The first-order valence-electron chi connectivity index (χ1n) is 9.70. The Morgan fingerprint density at radius 2 is 1.71 bits per heavy atom. The number of amides is 3. The number of rotatable bonds is 6. The second-order valence-corrected chi connectivity index (χ2v) is 7.72. The van der Waals surface area contributed by atoms with Crippen LogP contribution in [0.2, 0.25) is 0 Å². The molecule has 0 saturated heterocycles. The van der Waals surface area contributed by atoms with Crippen LogP contribution in [0.4, 0.5) is 31.0 Å². The summed E-state index contributed by atoms with van der Waals surface area (Å²) >= 11 is 0.982. The third kappa shape index (κ3) is 5.87. The summed E-state index contributed by atoms with van der Waals surface area (Å²) in [6.07, 6.45) is 1.22. The van der Waals surface area contributed by atoms with Crippen molar-refractivity contribution in [3.63, 3.8) is 0 Å². The highest BCUT2D eigenvalue weighted by Gasteiger charge is 2.22. The van der Waals surface area contributed by atoms with Gasteiger partial charge in [-0.15, -0.1) is 11.3 Å². The standard InChI is InChI=1S/C23H17F2N5O3S/c1-13(31)27-17-4-6-18(7-5-17)28-22(33)15(11-26)9-19-12-34-23(29-19)30(14(2)32)21-8-3-16(24)10-20(21)25/h3-10,12H,1-2H3,(H,27,31)(H,28,33)/b15-9+. The van der Waals surface area contributed by atoms with Crippen molar-refractivity contribution in [3.05, 3.63) is 70.7 Å². The molecule has 0 radical (unpaired) electrons. The number of halogens is 2. The van der Waals surface area contributed by atoms with E-state index in [9.17, 15) is 28.4 Å². The molecule has 1 aromatic heterocycles. The molecule has 0 saturated carbocycles. The SMILES string of the molecule is CC(=O)Nc1ccc(NC(=O)/C(C#N)=C/c2csc(N(C(C)=O)c3ccc(F)cc3F)n2)cc1. The topological polar surface area (TPSA) is 115 Å². The van der Waals surface area contributed by atoms with Crippen LogP contribution in [0, 0.1) is 23.0 Å². The minimum atomic E-state index is -0.941. The lowest BCUT2D eigenvalue weighted by atomic mass is 10.2. The van der Waals surface area contributed by atoms with Crippen LogP contribution >= 0.6 is 11.3 Å². The molecule has 1 heterocycles. The van der Waals surface area contributed by atoms with E-state index >= 15 is 0 Å². The molecule has 8 nitrogen and oxygen atoms in total. The normalized spacial score (nSPS) is 10.9. The number of carbonyl (C=O) groups is 3. The first-order chi connectivity index (χ1) is 16.2. The van der Waals surface area contributed by atoms with Crippen LogP contribution in [-0.2, 0) is 14.4 Å². The van der Waals surface area contributed by atoms with E-state index in [4.69, 9.17) is 0 Å². The fourth-order valence-corrected chi connectivity index (χ4v) is 3.69. The van der Waals surface area contributed by atoms with Crippen LogP contribution in [0.15, 0.2) is 53.4 Å². The number of benzene rings is 2. The van der Waals surface area contributed by atoms with Crippen LogP contribution < -0.4 is 15.5 Å². The largest absolute Gasteiger partial charge is 0.326 e. The van der Waals surface area contributed by atoms with Crippen molar-refractivity contribution in [1.29, 1.82) is 5.26 Å². The molecule has 0 bridgehead atoms. The number of anilines is 4. The molecule has 3 amide bonds. The Balaban J connectivity index is 1.81. The molecule has 0 unspecified atom stereocenters. The Labute approximate surface area is 197 Å². The number of thiazole rings is 1. The monoisotopic (exact) mass is 481 g/mol. The summed E-state index contributed by atoms with van der Waals surface area (Å²) in [4.78, 5) is 40.9. The van der Waals surface area contributed by atoms with Gasteiger partial charge in [-0.25, -0.2) is 13.8 Å². The molecule has 11 heteroatoms. The summed E-state index contributed by atoms with van der Waals surface area (Å²) in [5.74, 6) is -3.22. The molecule has 3 rings (SSSR count). The molecule has 172 valence electrons. The van der Waals surface area contributed by atoms with E-state index in [2.05, 4.69) is 15.6 Å². The van der Waals surface area contributed by atoms with E-state index in [1.807, 2.05) is 0 Å². The molecular weight excluding hydrogens is 464 g/mol. The van der Waals surface area contributed by atoms with Gasteiger partial charge in [0.25, 0.3) is 5.91 Å². The van der Waals surface area contributed by atoms with Crippen LogP contribution in [0.5, 0.6) is 0 Å². The van der Waals surface area contributed by atoms with Crippen molar-refractivity contribution in [2.24, 2.45) is 0 Å². The first kappa shape index (κ1) is 24.2. The van der Waals surface area contributed by atoms with Gasteiger partial charge in [-0.3, -0.25) is 19.3 Å². The summed E-state index contributed by atoms with van der Waals surface area (Å²) in [7, 11) is 0. The van der Waals surface area contributed by atoms with Crippen LogP contribution in [0.1, 0.15) is 19.5 Å². The van der Waals surface area contributed by atoms with Gasteiger partial charge in [-0.1, -0.05) is 0 Å². The number of aromatic nitrogens is 1. The Morgan fingerprint density at radius 1 is 1.06 bits per heavy atom. The third-order valence-electron chi connectivity index (χ3n) is 4.29. The van der Waals surface area contributed by atoms with Crippen molar-refractivity contribution in [1.82, 2.24) is 4.98 Å². The Kier molecular flexibility index (Phi) is 7.45. The van der Waals surface area contributed by atoms with Gasteiger partial charge in [-0.05, 0) is 42.5 Å². The fraction of sp³-hybridized carbons (Fsp3) is 0.0870. The predicted octanol–water partition coefficient (Wildman–Crippen LogP) is 4.61. The van der Waals surface area contributed by atoms with Gasteiger partial charge in [0, 0.05) is 36.7 Å². The van der Waals surface area contributed by atoms with Gasteiger partial charge in [0.05, 0.1) is 11.4 Å². The zero-order valence-electron chi connectivity index (χ0n) is 17.9. The highest BCUT2D eigenvalue weighted by atomic mass is 32.1. The summed E-state index contributed by atoms with van der Waals surface area (Å²) < 4.78 is 27.5. The van der Waals surface area contributed by atoms with E-state index in [1.54, 1.807) is 30.3 Å². The molecule has 0 atom stereocenters. The maximum absolute atomic E-state index is 14.2. The molecule has 0 aliphatic carbocycles. The number of carbonyl (C=O) groups excluding carboxylic acids is 3. The molecule has 0 aliphatic rings. The van der Waals surface area contributed by atoms with Crippen molar-refractivity contribution < 1.29 is 23.2 Å². The average molecular weight is 481 g/mol. The van der Waals surface area contributed by atoms with Gasteiger partial charge in [0.15, 0.2) is 5.13 Å². The Hall–Kier alpha value is -4.43. The second-order valence-electron chi connectivity index (χ2n) is 6.89. The molecule has 0 spiro atoms. The molecule has 0 fully saturated rings. The zero-order valence-corrected chi connectivity index (χ0v) is 18.7. The van der Waals surface area contributed by atoms with Crippen LogP contribution in [0.3, 0.4) is 0 Å².